The molecule has 0 saturated heterocycles. The van der Waals surface area contributed by atoms with Crippen LogP contribution in [0.2, 0.25) is 0 Å². The average Bonchev–Trinajstić information content (AvgIpc) is 2.98. The monoisotopic (exact) mass is 380 g/mol. The van der Waals surface area contributed by atoms with Crippen molar-refractivity contribution >= 4 is 16.8 Å². The van der Waals surface area contributed by atoms with E-state index < -0.39 is 27.8 Å². The van der Waals surface area contributed by atoms with E-state index in [1.165, 1.54) is 0 Å². The molecule has 6 aliphatic carbocycles. The van der Waals surface area contributed by atoms with Gasteiger partial charge in [0.1, 0.15) is 0 Å². The predicted octanol–water partition coefficient (Wildman–Crippen LogP) is 3.06. The Hall–Kier alpha value is -0.420. The zero-order valence-electron chi connectivity index (χ0n) is 16.2. The fraction of sp³-hybridized carbons (Fsp3) is 0.952. The normalized spacial score (nSPS) is 60.7. The lowest BCUT2D eigenvalue weighted by atomic mass is 9.41. The Kier molecular flexibility index (Phi) is 3.36. The van der Waals surface area contributed by atoms with E-state index in [1.807, 2.05) is 6.92 Å². The molecule has 10 atom stereocenters. The van der Waals surface area contributed by atoms with Gasteiger partial charge in [0, 0.05) is 34.1 Å². The lowest BCUT2D eigenvalue weighted by Gasteiger charge is -2.63. The third-order valence-electron chi connectivity index (χ3n) is 10.1. The second-order valence-electron chi connectivity index (χ2n) is 10.8. The van der Waals surface area contributed by atoms with Crippen LogP contribution in [0.4, 0.5) is 0 Å². The third-order valence-corrected chi connectivity index (χ3v) is 10.9. The van der Waals surface area contributed by atoms with Gasteiger partial charge in [0.2, 0.25) is 0 Å². The van der Waals surface area contributed by atoms with Crippen molar-refractivity contribution < 1.29 is 19.2 Å². The van der Waals surface area contributed by atoms with Gasteiger partial charge in [0.25, 0.3) is 0 Å². The first-order chi connectivity index (χ1) is 12.1. The van der Waals surface area contributed by atoms with Crippen molar-refractivity contribution in [3.63, 3.8) is 0 Å². The number of aliphatic carboxylic acids is 1. The fourth-order valence-corrected chi connectivity index (χ4v) is 10.3. The Bertz CT molecular complexity index is 708. The van der Waals surface area contributed by atoms with Gasteiger partial charge in [-0.1, -0.05) is 13.3 Å². The molecule has 6 saturated carbocycles. The van der Waals surface area contributed by atoms with Crippen LogP contribution >= 0.6 is 0 Å². The first kappa shape index (κ1) is 17.7. The largest absolute Gasteiger partial charge is 0.481 e. The van der Waals surface area contributed by atoms with E-state index >= 15 is 0 Å². The van der Waals surface area contributed by atoms with Crippen LogP contribution in [0.3, 0.4) is 0 Å². The number of carbonyl (C=O) groups is 1. The van der Waals surface area contributed by atoms with Crippen LogP contribution in [-0.4, -0.2) is 38.0 Å². The van der Waals surface area contributed by atoms with E-state index in [2.05, 4.69) is 6.92 Å². The van der Waals surface area contributed by atoms with Crippen molar-refractivity contribution in [2.24, 2.45) is 45.8 Å². The van der Waals surface area contributed by atoms with Gasteiger partial charge >= 0.3 is 5.97 Å². The van der Waals surface area contributed by atoms with Crippen LogP contribution < -0.4 is 0 Å². The highest BCUT2D eigenvalue weighted by Crippen LogP contribution is 2.88. The van der Waals surface area contributed by atoms with Crippen molar-refractivity contribution in [2.45, 2.75) is 64.4 Å². The zero-order valence-corrected chi connectivity index (χ0v) is 17.0. The molecular formula is C21H32O4S. The number of carboxylic acid groups (broad SMARTS) is 1. The molecule has 0 aliphatic heterocycles. The number of aliphatic hydroxyl groups is 1. The van der Waals surface area contributed by atoms with Gasteiger partial charge in [0.15, 0.2) is 0 Å². The minimum absolute atomic E-state index is 0.00616. The summed E-state index contributed by atoms with van der Waals surface area (Å²) in [6.07, 6.45) is 8.58. The SMILES string of the molecule is CS(=O)C[C@H]1[C@@H]2C[C@H]3[C@]4(C)CCC[C@@](C)(C(=O)O)[C@H]4CC[C@]34[C@H]1[C@]4(O)C2. The molecule has 1 spiro atoms. The fourth-order valence-electron chi connectivity index (χ4n) is 9.33. The van der Waals surface area contributed by atoms with Crippen LogP contribution in [0.5, 0.6) is 0 Å². The van der Waals surface area contributed by atoms with Crippen molar-refractivity contribution in [3.8, 4) is 0 Å². The smallest absolute Gasteiger partial charge is 0.309 e. The summed E-state index contributed by atoms with van der Waals surface area (Å²) < 4.78 is 11.9. The molecule has 2 N–H and O–H groups in total. The molecule has 4 bridgehead atoms. The van der Waals surface area contributed by atoms with Crippen LogP contribution in [0.1, 0.15) is 58.8 Å². The van der Waals surface area contributed by atoms with E-state index in [-0.39, 0.29) is 16.7 Å². The van der Waals surface area contributed by atoms with E-state index in [4.69, 9.17) is 0 Å². The molecule has 4 nitrogen and oxygen atoms in total. The molecule has 26 heavy (non-hydrogen) atoms. The highest BCUT2D eigenvalue weighted by Gasteiger charge is 2.89. The summed E-state index contributed by atoms with van der Waals surface area (Å²) in [7, 11) is -0.811. The molecule has 0 aromatic carbocycles. The molecule has 5 heteroatoms. The minimum Gasteiger partial charge on any atom is -0.481 e. The van der Waals surface area contributed by atoms with E-state index in [1.54, 1.807) is 6.26 Å². The van der Waals surface area contributed by atoms with Crippen molar-refractivity contribution in [2.75, 3.05) is 12.0 Å². The number of carboxylic acids is 1. The molecule has 1 unspecified atom stereocenters. The highest BCUT2D eigenvalue weighted by atomic mass is 32.2. The molecule has 0 heterocycles. The summed E-state index contributed by atoms with van der Waals surface area (Å²) in [5.41, 5.74) is -1.14. The van der Waals surface area contributed by atoms with Gasteiger partial charge in [-0.2, -0.15) is 0 Å². The molecule has 146 valence electrons. The Morgan fingerprint density at radius 1 is 1.19 bits per heavy atom. The second-order valence-corrected chi connectivity index (χ2v) is 12.3. The number of fused-ring (bicyclic) bond motifs is 1. The molecule has 0 aromatic heterocycles. The Balaban J connectivity index is 1.54. The zero-order chi connectivity index (χ0) is 18.7. The maximum Gasteiger partial charge on any atom is 0.309 e. The molecule has 6 aliphatic rings. The summed E-state index contributed by atoms with van der Waals surface area (Å²) in [6.45, 7) is 4.32. The first-order valence-electron chi connectivity index (χ1n) is 10.4. The molecular weight excluding hydrogens is 348 g/mol. The van der Waals surface area contributed by atoms with Crippen LogP contribution in [0.25, 0.3) is 0 Å². The number of hydrogen-bond donors (Lipinski definition) is 2. The van der Waals surface area contributed by atoms with Gasteiger partial charge in [-0.05, 0) is 74.5 Å². The van der Waals surface area contributed by atoms with Gasteiger partial charge in [0.05, 0.1) is 11.0 Å². The topological polar surface area (TPSA) is 74.6 Å². The van der Waals surface area contributed by atoms with Gasteiger partial charge in [-0.25, -0.2) is 0 Å². The van der Waals surface area contributed by atoms with Gasteiger partial charge in [-0.15, -0.1) is 0 Å². The van der Waals surface area contributed by atoms with Gasteiger partial charge in [-0.3, -0.25) is 9.00 Å². The van der Waals surface area contributed by atoms with Crippen LogP contribution in [0.15, 0.2) is 0 Å². The predicted molar refractivity (Wildman–Crippen MR) is 99.9 cm³/mol. The standard InChI is InChI=1S/C21H32O4S/c1-18-6-4-7-19(2,17(22)23)14(18)5-8-20-15(18)9-12-10-21(20,24)16(20)13(12)11-26(3)25/h12-16,24H,4-11H2,1-3H3,(H,22,23)/t12-,13+,14+,15+,16+,18-,19-,20-,21-,26?/m1/s1. The Morgan fingerprint density at radius 3 is 2.58 bits per heavy atom. The van der Waals surface area contributed by atoms with E-state index in [9.17, 15) is 19.2 Å². The minimum atomic E-state index is -0.811. The summed E-state index contributed by atoms with van der Waals surface area (Å²) in [5.74, 6) is 1.99. The van der Waals surface area contributed by atoms with Crippen LogP contribution in [-0.2, 0) is 15.6 Å². The quantitative estimate of drug-likeness (QED) is 0.789. The van der Waals surface area contributed by atoms with Crippen molar-refractivity contribution in [1.29, 1.82) is 0 Å². The summed E-state index contributed by atoms with van der Waals surface area (Å²) in [6, 6.07) is 0. The van der Waals surface area contributed by atoms with Crippen LogP contribution in [0, 0.1) is 45.8 Å². The summed E-state index contributed by atoms with van der Waals surface area (Å²) in [4.78, 5) is 12.1. The third kappa shape index (κ3) is 1.72. The maximum absolute atomic E-state index is 12.1. The average molecular weight is 381 g/mol. The summed E-state index contributed by atoms with van der Waals surface area (Å²) >= 11 is 0. The lowest BCUT2D eigenvalue weighted by molar-refractivity contribution is -0.186. The summed E-state index contributed by atoms with van der Waals surface area (Å²) in [5, 5.41) is 21.5. The lowest BCUT2D eigenvalue weighted by Crippen LogP contribution is -2.59. The van der Waals surface area contributed by atoms with Gasteiger partial charge < -0.3 is 10.2 Å². The van der Waals surface area contributed by atoms with E-state index in [0.29, 0.717) is 23.7 Å². The molecule has 0 aromatic rings. The number of rotatable bonds is 3. The molecule has 0 amide bonds. The van der Waals surface area contributed by atoms with Crippen molar-refractivity contribution in [3.05, 3.63) is 0 Å². The Labute approximate surface area is 158 Å². The maximum atomic E-state index is 12.1. The van der Waals surface area contributed by atoms with Crippen molar-refractivity contribution in [1.82, 2.24) is 0 Å². The molecule has 0 radical (unpaired) electrons. The number of hydrogen-bond acceptors (Lipinski definition) is 3. The second kappa shape index (κ2) is 4.94. The van der Waals surface area contributed by atoms with E-state index in [0.717, 1.165) is 50.7 Å². The Morgan fingerprint density at radius 2 is 1.92 bits per heavy atom. The highest BCUT2D eigenvalue weighted by molar-refractivity contribution is 7.84. The first-order valence-corrected chi connectivity index (χ1v) is 12.1. The molecule has 6 rings (SSSR count). The molecule has 6 fully saturated rings.